The van der Waals surface area contributed by atoms with Crippen LogP contribution in [0.4, 0.5) is 0 Å². The van der Waals surface area contributed by atoms with Crippen molar-refractivity contribution < 1.29 is 0 Å². The molecule has 2 rings (SSSR count). The second kappa shape index (κ2) is 6.41. The van der Waals surface area contributed by atoms with Gasteiger partial charge in [-0.1, -0.05) is 36.6 Å². The van der Waals surface area contributed by atoms with Crippen molar-refractivity contribution in [3.05, 3.63) is 60.5 Å². The average Bonchev–Trinajstić information content (AvgIpc) is 2.58. The third-order valence-corrected chi connectivity index (χ3v) is 3.27. The molecule has 0 fully saturated rings. The van der Waals surface area contributed by atoms with E-state index in [4.69, 9.17) is 0 Å². The molecule has 0 saturated heterocycles. The molecule has 1 aliphatic heterocycles. The summed E-state index contributed by atoms with van der Waals surface area (Å²) in [7, 11) is 0. The topological polar surface area (TPSA) is 15.6 Å². The Morgan fingerprint density at radius 3 is 3.11 bits per heavy atom. The van der Waals surface area contributed by atoms with Crippen LogP contribution in [-0.4, -0.2) is 15.3 Å². The fraction of sp³-hybridized carbons (Fsp3) is 0.133. The molecule has 1 heterocycles. The maximum absolute atomic E-state index is 4.48. The van der Waals surface area contributed by atoms with Crippen LogP contribution in [0.5, 0.6) is 0 Å². The van der Waals surface area contributed by atoms with Gasteiger partial charge in [0.1, 0.15) is 0 Å². The third-order valence-electron chi connectivity index (χ3n) is 2.45. The molecule has 0 amide bonds. The molecule has 0 saturated carbocycles. The Bertz CT molecular complexity index is 551. The molecule has 0 aromatic carbocycles. The number of nitrogens with zero attached hydrogens (tertiary/aromatic N) is 2. The number of amidine groups is 1. The zero-order valence-electron chi connectivity index (χ0n) is 9.94. The van der Waals surface area contributed by atoms with E-state index in [0.29, 0.717) is 0 Å². The van der Waals surface area contributed by atoms with E-state index in [0.717, 1.165) is 28.2 Å². The molecule has 0 spiro atoms. The Kier molecular flexibility index (Phi) is 4.59. The van der Waals surface area contributed by atoms with Gasteiger partial charge in [-0.25, -0.2) is 4.99 Å². The van der Waals surface area contributed by atoms with Gasteiger partial charge in [0.2, 0.25) is 0 Å². The molecule has 2 aliphatic rings. The molecule has 0 aromatic rings. The predicted molar refractivity (Wildman–Crippen MR) is 85.2 cm³/mol. The van der Waals surface area contributed by atoms with Crippen molar-refractivity contribution in [2.75, 3.05) is 6.54 Å². The van der Waals surface area contributed by atoms with E-state index in [9.17, 15) is 0 Å². The highest BCUT2D eigenvalue weighted by Gasteiger charge is 2.11. The molecule has 0 unspecified atom stereocenters. The molecular formula is C15H13IN2. The summed E-state index contributed by atoms with van der Waals surface area (Å²) in [6.45, 7) is 4.69. The minimum atomic E-state index is 0.755. The molecule has 2 nitrogen and oxygen atoms in total. The first-order valence-electron chi connectivity index (χ1n) is 5.66. The maximum Gasteiger partial charge on any atom is 0.172 e. The van der Waals surface area contributed by atoms with Crippen molar-refractivity contribution in [1.29, 1.82) is 0 Å². The summed E-state index contributed by atoms with van der Waals surface area (Å²) in [5.41, 5.74) is 1.87. The second-order valence-electron chi connectivity index (χ2n) is 3.76. The number of halogens is 1. The van der Waals surface area contributed by atoms with Crippen LogP contribution in [0.1, 0.15) is 6.42 Å². The normalized spacial score (nSPS) is 25.4. The smallest absolute Gasteiger partial charge is 0.172 e. The summed E-state index contributed by atoms with van der Waals surface area (Å²) in [6, 6.07) is 0. The van der Waals surface area contributed by atoms with E-state index in [1.54, 1.807) is 0 Å². The van der Waals surface area contributed by atoms with Crippen LogP contribution in [0.15, 0.2) is 65.5 Å². The molecule has 90 valence electrons. The molecule has 18 heavy (non-hydrogen) atoms. The molecule has 0 atom stereocenters. The van der Waals surface area contributed by atoms with Crippen molar-refractivity contribution in [2.24, 2.45) is 4.99 Å². The Morgan fingerprint density at radius 2 is 2.22 bits per heavy atom. The van der Waals surface area contributed by atoms with Gasteiger partial charge in [-0.15, -0.1) is 0 Å². The van der Waals surface area contributed by atoms with Crippen molar-refractivity contribution in [1.82, 2.24) is 4.90 Å². The Hall–Kier alpha value is -1.54. The van der Waals surface area contributed by atoms with E-state index in [-0.39, 0.29) is 0 Å². The summed E-state index contributed by atoms with van der Waals surface area (Å²) < 4.78 is 0.909. The van der Waals surface area contributed by atoms with Crippen LogP contribution in [0.2, 0.25) is 0 Å². The Labute approximate surface area is 121 Å². The molecule has 0 radical (unpaired) electrons. The first-order chi connectivity index (χ1) is 8.77. The van der Waals surface area contributed by atoms with Crippen LogP contribution < -0.4 is 0 Å². The summed E-state index contributed by atoms with van der Waals surface area (Å²) in [6.07, 6.45) is 14.8. The lowest BCUT2D eigenvalue weighted by molar-refractivity contribution is 0.600. The van der Waals surface area contributed by atoms with E-state index in [1.165, 1.54) is 0 Å². The van der Waals surface area contributed by atoms with Crippen molar-refractivity contribution in [3.63, 3.8) is 0 Å². The quantitative estimate of drug-likeness (QED) is 0.402. The largest absolute Gasteiger partial charge is 0.318 e. The standard InChI is InChI=1S/C15H13IN2/c1-13-9-5-4-8-12-18(15(16)17-13)14-10-6-2-3-7-11-14/h4-6,8-11H,1,7,12H2/b8-4-,9-5-,17-15-. The highest BCUT2D eigenvalue weighted by Crippen LogP contribution is 2.16. The fourth-order valence-corrected chi connectivity index (χ4v) is 2.37. The molecule has 0 aromatic heterocycles. The van der Waals surface area contributed by atoms with E-state index in [1.807, 2.05) is 30.4 Å². The highest BCUT2D eigenvalue weighted by molar-refractivity contribution is 14.1. The molecule has 0 bridgehead atoms. The van der Waals surface area contributed by atoms with Crippen LogP contribution in [0.3, 0.4) is 0 Å². The monoisotopic (exact) mass is 348 g/mol. The number of aliphatic imine (C=N–C) groups is 1. The summed E-state index contributed by atoms with van der Waals surface area (Å²) in [5.74, 6) is 6.03. The fourth-order valence-electron chi connectivity index (χ4n) is 1.58. The number of rotatable bonds is 1. The lowest BCUT2D eigenvalue weighted by atomic mass is 10.3. The van der Waals surface area contributed by atoms with E-state index >= 15 is 0 Å². The molecule has 3 heteroatoms. The summed E-state index contributed by atoms with van der Waals surface area (Å²) in [4.78, 5) is 6.62. The van der Waals surface area contributed by atoms with Gasteiger partial charge < -0.3 is 4.90 Å². The summed E-state index contributed by atoms with van der Waals surface area (Å²) >= 11 is 2.24. The Morgan fingerprint density at radius 1 is 1.33 bits per heavy atom. The van der Waals surface area contributed by atoms with Crippen LogP contribution in [0, 0.1) is 11.8 Å². The molecule has 1 aliphatic carbocycles. The van der Waals surface area contributed by atoms with E-state index in [2.05, 4.69) is 63.1 Å². The first-order valence-corrected chi connectivity index (χ1v) is 6.74. The van der Waals surface area contributed by atoms with Gasteiger partial charge >= 0.3 is 0 Å². The maximum atomic E-state index is 4.48. The zero-order chi connectivity index (χ0) is 12.8. The van der Waals surface area contributed by atoms with Gasteiger partial charge in [0.25, 0.3) is 0 Å². The SMILES string of the molecule is C=C1/C=C\C=C/CN(C2=CCC#CC=C2)/C(I)=N\1. The lowest BCUT2D eigenvalue weighted by Gasteiger charge is -2.22. The van der Waals surface area contributed by atoms with Gasteiger partial charge in [-0.3, -0.25) is 0 Å². The van der Waals surface area contributed by atoms with Crippen LogP contribution in [0.25, 0.3) is 0 Å². The van der Waals surface area contributed by atoms with Crippen molar-refractivity contribution >= 4 is 26.4 Å². The highest BCUT2D eigenvalue weighted by atomic mass is 127. The van der Waals surface area contributed by atoms with Gasteiger partial charge in [0.15, 0.2) is 3.84 Å². The van der Waals surface area contributed by atoms with Crippen molar-refractivity contribution in [3.8, 4) is 11.8 Å². The van der Waals surface area contributed by atoms with E-state index < -0.39 is 0 Å². The Balaban J connectivity index is 2.30. The van der Waals surface area contributed by atoms with Gasteiger partial charge in [0.05, 0.1) is 5.70 Å². The summed E-state index contributed by atoms with van der Waals surface area (Å²) in [5, 5.41) is 0. The van der Waals surface area contributed by atoms with Crippen LogP contribution >= 0.6 is 22.6 Å². The van der Waals surface area contributed by atoms with Crippen LogP contribution in [-0.2, 0) is 0 Å². The minimum Gasteiger partial charge on any atom is -0.318 e. The molecular weight excluding hydrogens is 335 g/mol. The van der Waals surface area contributed by atoms with Gasteiger partial charge in [0, 0.05) is 18.7 Å². The number of hydrogen-bond acceptors (Lipinski definition) is 2. The average molecular weight is 348 g/mol. The lowest BCUT2D eigenvalue weighted by Crippen LogP contribution is -2.25. The third kappa shape index (κ3) is 3.47. The number of allylic oxidation sites excluding steroid dienone is 6. The van der Waals surface area contributed by atoms with Crippen molar-refractivity contribution in [2.45, 2.75) is 6.42 Å². The molecule has 0 N–H and O–H groups in total. The first kappa shape index (κ1) is 12.9. The second-order valence-corrected chi connectivity index (χ2v) is 4.72. The zero-order valence-corrected chi connectivity index (χ0v) is 12.1. The van der Waals surface area contributed by atoms with Gasteiger partial charge in [-0.2, -0.15) is 0 Å². The van der Waals surface area contributed by atoms with Gasteiger partial charge in [-0.05, 0) is 46.9 Å². The minimum absolute atomic E-state index is 0.755. The number of hydrogen-bond donors (Lipinski definition) is 0. The predicted octanol–water partition coefficient (Wildman–Crippen LogP) is 3.57.